The minimum absolute atomic E-state index is 0.474. The fourth-order valence-electron chi connectivity index (χ4n) is 3.30. The quantitative estimate of drug-likeness (QED) is 0.796. The van der Waals surface area contributed by atoms with Gasteiger partial charge < -0.3 is 5.32 Å². The number of hydrogen-bond donors (Lipinski definition) is 1. The van der Waals surface area contributed by atoms with E-state index in [-0.39, 0.29) is 0 Å². The Labute approximate surface area is 118 Å². The molecule has 1 aromatic carbocycles. The number of rotatable bonds is 5. The van der Waals surface area contributed by atoms with Gasteiger partial charge in [0.25, 0.3) is 0 Å². The minimum atomic E-state index is 0.474. The molecule has 0 radical (unpaired) electrons. The molecular weight excluding hydrogens is 230 g/mol. The van der Waals surface area contributed by atoms with Gasteiger partial charge in [-0.25, -0.2) is 0 Å². The van der Waals surface area contributed by atoms with Crippen molar-refractivity contribution in [3.8, 4) is 0 Å². The van der Waals surface area contributed by atoms with Gasteiger partial charge >= 0.3 is 0 Å². The van der Waals surface area contributed by atoms with Gasteiger partial charge in [0.2, 0.25) is 0 Å². The van der Waals surface area contributed by atoms with E-state index in [9.17, 15) is 0 Å². The monoisotopic (exact) mass is 259 g/mol. The van der Waals surface area contributed by atoms with Crippen molar-refractivity contribution in [1.29, 1.82) is 0 Å². The maximum atomic E-state index is 3.68. The largest absolute Gasteiger partial charge is 0.310 e. The highest BCUT2D eigenvalue weighted by Crippen LogP contribution is 2.30. The lowest BCUT2D eigenvalue weighted by molar-refractivity contribution is 0.265. The van der Waals surface area contributed by atoms with Gasteiger partial charge in [-0.2, -0.15) is 0 Å². The fraction of sp³-hybridized carbons (Fsp3) is 0.667. The van der Waals surface area contributed by atoms with E-state index >= 15 is 0 Å². The third-order valence-electron chi connectivity index (χ3n) is 4.63. The van der Waals surface area contributed by atoms with E-state index in [0.717, 1.165) is 18.4 Å². The van der Waals surface area contributed by atoms with Crippen molar-refractivity contribution in [2.45, 2.75) is 58.9 Å². The molecule has 0 saturated heterocycles. The summed E-state index contributed by atoms with van der Waals surface area (Å²) in [6.07, 6.45) is 7.13. The van der Waals surface area contributed by atoms with Crippen LogP contribution in [0.15, 0.2) is 24.3 Å². The number of benzene rings is 1. The van der Waals surface area contributed by atoms with Crippen LogP contribution < -0.4 is 5.32 Å². The maximum Gasteiger partial charge on any atom is 0.0291 e. The van der Waals surface area contributed by atoms with Gasteiger partial charge in [-0.1, -0.05) is 56.0 Å². The Morgan fingerprint density at radius 2 is 1.95 bits per heavy atom. The maximum absolute atomic E-state index is 3.68. The highest BCUT2D eigenvalue weighted by Gasteiger charge is 2.18. The predicted octanol–water partition coefficient (Wildman–Crippen LogP) is 4.86. The Morgan fingerprint density at radius 1 is 1.21 bits per heavy atom. The zero-order valence-corrected chi connectivity index (χ0v) is 12.8. The van der Waals surface area contributed by atoms with Crippen LogP contribution in [0.5, 0.6) is 0 Å². The van der Waals surface area contributed by atoms with E-state index in [0.29, 0.717) is 6.04 Å². The third-order valence-corrected chi connectivity index (χ3v) is 4.63. The third kappa shape index (κ3) is 4.65. The fourth-order valence-corrected chi connectivity index (χ4v) is 3.30. The topological polar surface area (TPSA) is 12.0 Å². The zero-order chi connectivity index (χ0) is 13.7. The first-order valence-electron chi connectivity index (χ1n) is 7.95. The first-order valence-corrected chi connectivity index (χ1v) is 7.95. The Kier molecular flexibility index (Phi) is 5.45. The number of aryl methyl sites for hydroxylation is 1. The van der Waals surface area contributed by atoms with E-state index in [4.69, 9.17) is 0 Å². The van der Waals surface area contributed by atoms with Crippen molar-refractivity contribution in [1.82, 2.24) is 5.32 Å². The summed E-state index contributed by atoms with van der Waals surface area (Å²) in [6.45, 7) is 7.99. The first kappa shape index (κ1) is 14.6. The van der Waals surface area contributed by atoms with Crippen molar-refractivity contribution >= 4 is 0 Å². The van der Waals surface area contributed by atoms with Crippen molar-refractivity contribution in [3.05, 3.63) is 35.4 Å². The smallest absolute Gasteiger partial charge is 0.0291 e. The van der Waals surface area contributed by atoms with Crippen molar-refractivity contribution in [3.63, 3.8) is 0 Å². The van der Waals surface area contributed by atoms with Crippen molar-refractivity contribution in [2.75, 3.05) is 6.54 Å². The van der Waals surface area contributed by atoms with Crippen LogP contribution in [0, 0.1) is 18.8 Å². The molecule has 0 aliphatic heterocycles. The van der Waals surface area contributed by atoms with Gasteiger partial charge in [-0.15, -0.1) is 0 Å². The molecule has 0 spiro atoms. The van der Waals surface area contributed by atoms with Gasteiger partial charge in [0.05, 0.1) is 0 Å². The van der Waals surface area contributed by atoms with E-state index in [1.165, 1.54) is 43.2 Å². The summed E-state index contributed by atoms with van der Waals surface area (Å²) in [6, 6.07) is 9.37. The van der Waals surface area contributed by atoms with E-state index in [1.54, 1.807) is 0 Å². The highest BCUT2D eigenvalue weighted by molar-refractivity contribution is 5.23. The van der Waals surface area contributed by atoms with E-state index in [2.05, 4.69) is 50.4 Å². The molecule has 1 fully saturated rings. The standard InChI is InChI=1S/C18H29N/c1-14-7-9-18(10-8-14)16(3)19-12-11-17-6-4-5-15(2)13-17/h7-10,15-17,19H,4-6,11-13H2,1-3H3. The van der Waals surface area contributed by atoms with Crippen LogP contribution in [-0.4, -0.2) is 6.54 Å². The lowest BCUT2D eigenvalue weighted by atomic mass is 9.81. The average Bonchev–Trinajstić information content (AvgIpc) is 2.39. The van der Waals surface area contributed by atoms with Crippen LogP contribution in [0.4, 0.5) is 0 Å². The van der Waals surface area contributed by atoms with Crippen molar-refractivity contribution < 1.29 is 0 Å². The summed E-state index contributed by atoms with van der Waals surface area (Å²) in [5, 5.41) is 3.68. The Morgan fingerprint density at radius 3 is 2.63 bits per heavy atom. The Bertz CT molecular complexity index is 368. The summed E-state index contributed by atoms with van der Waals surface area (Å²) in [4.78, 5) is 0. The normalized spacial score (nSPS) is 25.2. The van der Waals surface area contributed by atoms with Crippen LogP contribution in [0.25, 0.3) is 0 Å². The molecule has 2 rings (SSSR count). The zero-order valence-electron chi connectivity index (χ0n) is 12.8. The molecule has 1 heteroatoms. The second-order valence-electron chi connectivity index (χ2n) is 6.51. The molecule has 1 aromatic rings. The molecule has 106 valence electrons. The lowest BCUT2D eigenvalue weighted by Crippen LogP contribution is -2.23. The molecule has 19 heavy (non-hydrogen) atoms. The molecular formula is C18H29N. The molecule has 0 bridgehead atoms. The number of hydrogen-bond acceptors (Lipinski definition) is 1. The molecule has 1 aliphatic rings. The average molecular weight is 259 g/mol. The number of nitrogens with one attached hydrogen (secondary N) is 1. The van der Waals surface area contributed by atoms with Gasteiger partial charge in [-0.3, -0.25) is 0 Å². The molecule has 0 aromatic heterocycles. The minimum Gasteiger partial charge on any atom is -0.310 e. The molecule has 1 saturated carbocycles. The SMILES string of the molecule is Cc1ccc(C(C)NCCC2CCCC(C)C2)cc1. The molecule has 0 heterocycles. The summed E-state index contributed by atoms with van der Waals surface area (Å²) in [7, 11) is 0. The highest BCUT2D eigenvalue weighted by atomic mass is 14.9. The molecule has 0 amide bonds. The Balaban J connectivity index is 1.71. The van der Waals surface area contributed by atoms with Gasteiger partial charge in [0.1, 0.15) is 0 Å². The van der Waals surface area contributed by atoms with Gasteiger partial charge in [-0.05, 0) is 50.6 Å². The van der Waals surface area contributed by atoms with Crippen LogP contribution >= 0.6 is 0 Å². The van der Waals surface area contributed by atoms with E-state index in [1.807, 2.05) is 0 Å². The van der Waals surface area contributed by atoms with E-state index < -0.39 is 0 Å². The molecule has 1 aliphatic carbocycles. The van der Waals surface area contributed by atoms with Gasteiger partial charge in [0.15, 0.2) is 0 Å². The summed E-state index contributed by atoms with van der Waals surface area (Å²) < 4.78 is 0. The second-order valence-corrected chi connectivity index (χ2v) is 6.51. The Hall–Kier alpha value is -0.820. The molecule has 3 atom stereocenters. The van der Waals surface area contributed by atoms with Crippen LogP contribution in [0.2, 0.25) is 0 Å². The molecule has 1 nitrogen and oxygen atoms in total. The first-order chi connectivity index (χ1) is 9.15. The van der Waals surface area contributed by atoms with Gasteiger partial charge in [0, 0.05) is 6.04 Å². The van der Waals surface area contributed by atoms with Crippen LogP contribution in [-0.2, 0) is 0 Å². The van der Waals surface area contributed by atoms with Crippen LogP contribution in [0.1, 0.15) is 63.1 Å². The van der Waals surface area contributed by atoms with Crippen LogP contribution in [0.3, 0.4) is 0 Å². The van der Waals surface area contributed by atoms with Crippen molar-refractivity contribution in [2.24, 2.45) is 11.8 Å². The molecule has 3 unspecified atom stereocenters. The second kappa shape index (κ2) is 7.09. The summed E-state index contributed by atoms with van der Waals surface area (Å²) >= 11 is 0. The lowest BCUT2D eigenvalue weighted by Gasteiger charge is -2.27. The summed E-state index contributed by atoms with van der Waals surface area (Å²) in [5.74, 6) is 1.91. The predicted molar refractivity (Wildman–Crippen MR) is 83.3 cm³/mol. The summed E-state index contributed by atoms with van der Waals surface area (Å²) in [5.41, 5.74) is 2.75. The molecule has 1 N–H and O–H groups in total.